The average molecular weight is 452 g/mol. The highest BCUT2D eigenvalue weighted by molar-refractivity contribution is 6.33. The highest BCUT2D eigenvalue weighted by atomic mass is 35.5. The molecule has 162 valence electrons. The number of hydrogen-bond acceptors (Lipinski definition) is 6. The fourth-order valence-electron chi connectivity index (χ4n) is 3.27. The smallest absolute Gasteiger partial charge is 0.269 e. The van der Waals surface area contributed by atoms with Crippen LogP contribution in [0.1, 0.15) is 11.1 Å². The van der Waals surface area contributed by atoms with E-state index in [0.717, 1.165) is 16.6 Å². The number of rotatable bonds is 6. The van der Waals surface area contributed by atoms with Crippen molar-refractivity contribution in [3.63, 3.8) is 0 Å². The third kappa shape index (κ3) is 4.55. The number of benzene rings is 3. The van der Waals surface area contributed by atoms with Crippen LogP contribution in [0.2, 0.25) is 5.02 Å². The maximum Gasteiger partial charge on any atom is 0.269 e. The predicted octanol–water partition coefficient (Wildman–Crippen LogP) is 5.69. The lowest BCUT2D eigenvalue weighted by Crippen LogP contribution is -2.20. The second-order valence-corrected chi connectivity index (χ2v) is 7.64. The number of amides is 1. The number of nitrogens with one attached hydrogen (secondary N) is 1. The zero-order valence-corrected chi connectivity index (χ0v) is 18.0. The van der Waals surface area contributed by atoms with Crippen molar-refractivity contribution in [2.45, 2.75) is 13.8 Å². The lowest BCUT2D eigenvalue weighted by atomic mass is 10.1. The number of anilines is 1. The van der Waals surface area contributed by atoms with Crippen molar-refractivity contribution >= 4 is 40.0 Å². The van der Waals surface area contributed by atoms with Crippen LogP contribution < -0.4 is 10.1 Å². The first kappa shape index (κ1) is 21.3. The molecule has 1 heterocycles. The zero-order valence-electron chi connectivity index (χ0n) is 17.2. The summed E-state index contributed by atoms with van der Waals surface area (Å²) in [7, 11) is 0. The molecule has 32 heavy (non-hydrogen) atoms. The number of aromatic nitrogens is 1. The fourth-order valence-corrected chi connectivity index (χ4v) is 3.47. The molecule has 0 aliphatic rings. The summed E-state index contributed by atoms with van der Waals surface area (Å²) in [6, 6.07) is 14.4. The Balaban J connectivity index is 1.48. The molecule has 0 spiro atoms. The zero-order chi connectivity index (χ0) is 22.8. The van der Waals surface area contributed by atoms with Crippen molar-refractivity contribution in [3.8, 4) is 17.2 Å². The number of aryl methyl sites for hydroxylation is 2. The lowest BCUT2D eigenvalue weighted by Gasteiger charge is -2.09. The van der Waals surface area contributed by atoms with Gasteiger partial charge in [0.2, 0.25) is 5.89 Å². The number of nitro benzene ring substituents is 1. The van der Waals surface area contributed by atoms with Gasteiger partial charge in [0.15, 0.2) is 12.2 Å². The van der Waals surface area contributed by atoms with Crippen LogP contribution in [0.3, 0.4) is 0 Å². The van der Waals surface area contributed by atoms with E-state index in [2.05, 4.69) is 10.3 Å². The topological polar surface area (TPSA) is 108 Å². The molecule has 0 aliphatic carbocycles. The number of non-ortho nitro benzene ring substituents is 1. The van der Waals surface area contributed by atoms with E-state index in [4.69, 9.17) is 20.8 Å². The molecule has 1 N–H and O–H groups in total. The summed E-state index contributed by atoms with van der Waals surface area (Å²) < 4.78 is 11.3. The van der Waals surface area contributed by atoms with Crippen molar-refractivity contribution in [2.24, 2.45) is 0 Å². The monoisotopic (exact) mass is 451 g/mol. The Morgan fingerprint density at radius 3 is 2.62 bits per heavy atom. The molecule has 3 aromatic carbocycles. The van der Waals surface area contributed by atoms with Gasteiger partial charge < -0.3 is 14.5 Å². The third-order valence-electron chi connectivity index (χ3n) is 4.72. The summed E-state index contributed by atoms with van der Waals surface area (Å²) >= 11 is 6.36. The molecule has 0 fully saturated rings. The molecule has 4 aromatic rings. The van der Waals surface area contributed by atoms with E-state index in [0.29, 0.717) is 33.5 Å². The van der Waals surface area contributed by atoms with Crippen molar-refractivity contribution in [1.29, 1.82) is 0 Å². The van der Waals surface area contributed by atoms with Crippen LogP contribution in [0.15, 0.2) is 59.0 Å². The van der Waals surface area contributed by atoms with Gasteiger partial charge in [0.05, 0.1) is 15.5 Å². The number of nitrogens with zero attached hydrogens (tertiary/aromatic N) is 2. The standard InChI is InChI=1S/C23H18ClN3O5/c1-13-9-14(2)22-20(10-13)26-23(32-22)18-11-15(3-8-19(18)24)25-21(28)12-31-17-6-4-16(5-7-17)27(29)30/h3-11H,12H2,1-2H3,(H,25,28). The van der Waals surface area contributed by atoms with Gasteiger partial charge in [0.1, 0.15) is 11.3 Å². The van der Waals surface area contributed by atoms with Crippen LogP contribution >= 0.6 is 11.6 Å². The predicted molar refractivity (Wildman–Crippen MR) is 121 cm³/mol. The molecule has 0 saturated heterocycles. The maximum atomic E-state index is 12.3. The first-order valence-corrected chi connectivity index (χ1v) is 10.0. The van der Waals surface area contributed by atoms with E-state index < -0.39 is 10.8 Å². The number of nitro groups is 1. The molecule has 1 aromatic heterocycles. The van der Waals surface area contributed by atoms with Gasteiger partial charge in [-0.2, -0.15) is 0 Å². The molecule has 0 unspecified atom stereocenters. The first-order valence-electron chi connectivity index (χ1n) is 9.65. The Labute approximate surface area is 187 Å². The molecular weight excluding hydrogens is 434 g/mol. The van der Waals surface area contributed by atoms with Crippen molar-refractivity contribution < 1.29 is 18.9 Å². The van der Waals surface area contributed by atoms with E-state index in [9.17, 15) is 14.9 Å². The Kier molecular flexibility index (Phi) is 5.79. The van der Waals surface area contributed by atoms with E-state index >= 15 is 0 Å². The van der Waals surface area contributed by atoms with Crippen molar-refractivity contribution in [3.05, 3.63) is 80.9 Å². The van der Waals surface area contributed by atoms with E-state index in [1.807, 2.05) is 26.0 Å². The van der Waals surface area contributed by atoms with Crippen molar-refractivity contribution in [1.82, 2.24) is 4.98 Å². The minimum Gasteiger partial charge on any atom is -0.484 e. The summed E-state index contributed by atoms with van der Waals surface area (Å²) in [4.78, 5) is 27.0. The quantitative estimate of drug-likeness (QED) is 0.298. The molecule has 0 aliphatic heterocycles. The molecule has 9 heteroatoms. The third-order valence-corrected chi connectivity index (χ3v) is 5.05. The highest BCUT2D eigenvalue weighted by Crippen LogP contribution is 2.33. The minimum absolute atomic E-state index is 0.0555. The molecule has 0 bridgehead atoms. The number of hydrogen-bond donors (Lipinski definition) is 1. The van der Waals surface area contributed by atoms with E-state index in [-0.39, 0.29) is 12.3 Å². The summed E-state index contributed by atoms with van der Waals surface area (Å²) in [5.41, 5.74) is 4.47. The molecule has 0 atom stereocenters. The van der Waals surface area contributed by atoms with Gasteiger partial charge in [-0.15, -0.1) is 0 Å². The Hall–Kier alpha value is -3.91. The summed E-state index contributed by atoms with van der Waals surface area (Å²) in [5.74, 6) is 0.303. The average Bonchev–Trinajstić information content (AvgIpc) is 3.18. The Morgan fingerprint density at radius 2 is 1.91 bits per heavy atom. The van der Waals surface area contributed by atoms with Crippen LogP contribution in [0.5, 0.6) is 5.75 Å². The second-order valence-electron chi connectivity index (χ2n) is 7.23. The van der Waals surface area contributed by atoms with Gasteiger partial charge in [0.25, 0.3) is 11.6 Å². The maximum absolute atomic E-state index is 12.3. The minimum atomic E-state index is -0.506. The number of carbonyl (C=O) groups is 1. The number of ether oxygens (including phenoxy) is 1. The SMILES string of the molecule is Cc1cc(C)c2oc(-c3cc(NC(=O)COc4ccc([N+](=O)[O-])cc4)ccc3Cl)nc2c1. The van der Waals surface area contributed by atoms with Crippen LogP contribution in [-0.2, 0) is 4.79 Å². The normalized spacial score (nSPS) is 10.8. The first-order chi connectivity index (χ1) is 15.3. The van der Waals surface area contributed by atoms with Gasteiger partial charge in [0, 0.05) is 17.8 Å². The molecular formula is C23H18ClN3O5. The number of carbonyl (C=O) groups excluding carboxylic acids is 1. The van der Waals surface area contributed by atoms with Crippen molar-refractivity contribution in [2.75, 3.05) is 11.9 Å². The van der Waals surface area contributed by atoms with Crippen LogP contribution in [0.4, 0.5) is 11.4 Å². The highest BCUT2D eigenvalue weighted by Gasteiger charge is 2.15. The Bertz CT molecular complexity index is 1330. The molecule has 0 saturated carbocycles. The number of fused-ring (bicyclic) bond motifs is 1. The van der Waals surface area contributed by atoms with Crippen LogP contribution in [0.25, 0.3) is 22.6 Å². The molecule has 8 nitrogen and oxygen atoms in total. The van der Waals surface area contributed by atoms with Crippen LogP contribution in [0, 0.1) is 24.0 Å². The van der Waals surface area contributed by atoms with E-state index in [1.54, 1.807) is 18.2 Å². The molecule has 0 radical (unpaired) electrons. The lowest BCUT2D eigenvalue weighted by molar-refractivity contribution is -0.384. The summed E-state index contributed by atoms with van der Waals surface area (Å²) in [6.07, 6.45) is 0. The Morgan fingerprint density at radius 1 is 1.16 bits per heavy atom. The summed E-state index contributed by atoms with van der Waals surface area (Å²) in [6.45, 7) is 3.67. The van der Waals surface area contributed by atoms with Gasteiger partial charge >= 0.3 is 0 Å². The van der Waals surface area contributed by atoms with Crippen LogP contribution in [-0.4, -0.2) is 22.4 Å². The summed E-state index contributed by atoms with van der Waals surface area (Å²) in [5, 5.41) is 13.9. The number of oxazole rings is 1. The fraction of sp³-hybridized carbons (Fsp3) is 0.130. The van der Waals surface area contributed by atoms with Gasteiger partial charge in [-0.25, -0.2) is 4.98 Å². The largest absolute Gasteiger partial charge is 0.484 e. The molecule has 4 rings (SSSR count). The van der Waals surface area contributed by atoms with E-state index in [1.165, 1.54) is 24.3 Å². The molecule has 1 amide bonds. The van der Waals surface area contributed by atoms with Gasteiger partial charge in [-0.3, -0.25) is 14.9 Å². The number of halogens is 1. The second kappa shape index (κ2) is 8.68. The van der Waals surface area contributed by atoms with Gasteiger partial charge in [-0.05, 0) is 61.4 Å². The van der Waals surface area contributed by atoms with Gasteiger partial charge in [-0.1, -0.05) is 17.7 Å².